The van der Waals surface area contributed by atoms with Crippen LogP contribution in [0.1, 0.15) is 10.4 Å². The minimum atomic E-state index is -0.511. The maximum absolute atomic E-state index is 12.6. The predicted molar refractivity (Wildman–Crippen MR) is 112 cm³/mol. The van der Waals surface area contributed by atoms with Gasteiger partial charge in [-0.2, -0.15) is 0 Å². The van der Waals surface area contributed by atoms with E-state index in [1.807, 2.05) is 6.07 Å². The Hall–Kier alpha value is -2.89. The molecular formula is C22H12BrClO4. The molecule has 0 N–H and O–H groups in total. The van der Waals surface area contributed by atoms with E-state index in [2.05, 4.69) is 15.9 Å². The van der Waals surface area contributed by atoms with Crippen LogP contribution in [0, 0.1) is 0 Å². The first-order valence-corrected chi connectivity index (χ1v) is 9.48. The van der Waals surface area contributed by atoms with Gasteiger partial charge in [0.1, 0.15) is 17.1 Å². The molecule has 1 aromatic heterocycles. The third-order valence-electron chi connectivity index (χ3n) is 4.10. The zero-order valence-corrected chi connectivity index (χ0v) is 16.7. The van der Waals surface area contributed by atoms with Crippen LogP contribution in [0.5, 0.6) is 5.75 Å². The van der Waals surface area contributed by atoms with Crippen LogP contribution >= 0.6 is 27.5 Å². The molecule has 6 heteroatoms. The molecule has 0 aliphatic carbocycles. The van der Waals surface area contributed by atoms with Gasteiger partial charge in [0.05, 0.1) is 10.9 Å². The number of esters is 1. The number of ether oxygens (including phenoxy) is 1. The van der Waals surface area contributed by atoms with Crippen LogP contribution in [-0.4, -0.2) is 5.97 Å². The van der Waals surface area contributed by atoms with Gasteiger partial charge >= 0.3 is 5.97 Å². The van der Waals surface area contributed by atoms with Crippen molar-refractivity contribution in [3.63, 3.8) is 0 Å². The fourth-order valence-electron chi connectivity index (χ4n) is 2.74. The van der Waals surface area contributed by atoms with Crippen molar-refractivity contribution >= 4 is 44.5 Å². The minimum absolute atomic E-state index is 0.230. The number of benzene rings is 3. The molecule has 0 atom stereocenters. The van der Waals surface area contributed by atoms with Crippen LogP contribution < -0.4 is 10.2 Å². The predicted octanol–water partition coefficient (Wildman–Crippen LogP) is 6.10. The zero-order chi connectivity index (χ0) is 19.7. The second kappa shape index (κ2) is 7.62. The van der Waals surface area contributed by atoms with Gasteiger partial charge in [0.25, 0.3) is 0 Å². The van der Waals surface area contributed by atoms with Crippen molar-refractivity contribution in [2.45, 2.75) is 0 Å². The highest BCUT2D eigenvalue weighted by molar-refractivity contribution is 9.10. The van der Waals surface area contributed by atoms with Crippen molar-refractivity contribution in [3.05, 3.63) is 98.1 Å². The van der Waals surface area contributed by atoms with Crippen LogP contribution in [0.4, 0.5) is 0 Å². The molecule has 4 rings (SSSR count). The van der Waals surface area contributed by atoms with E-state index < -0.39 is 5.97 Å². The maximum atomic E-state index is 12.6. The second-order valence-corrected chi connectivity index (χ2v) is 7.39. The van der Waals surface area contributed by atoms with E-state index in [9.17, 15) is 9.59 Å². The molecule has 0 fully saturated rings. The smallest absolute Gasteiger partial charge is 0.343 e. The summed E-state index contributed by atoms with van der Waals surface area (Å²) in [4.78, 5) is 24.9. The van der Waals surface area contributed by atoms with Crippen molar-refractivity contribution < 1.29 is 13.9 Å². The summed E-state index contributed by atoms with van der Waals surface area (Å²) in [5.74, 6) is 0.194. The average Bonchev–Trinajstić information content (AvgIpc) is 2.69. The summed E-state index contributed by atoms with van der Waals surface area (Å²) >= 11 is 9.22. The molecule has 4 nitrogen and oxygen atoms in total. The first-order chi connectivity index (χ1) is 13.5. The van der Waals surface area contributed by atoms with Crippen molar-refractivity contribution in [2.75, 3.05) is 0 Å². The summed E-state index contributed by atoms with van der Waals surface area (Å²) in [6.45, 7) is 0. The number of carbonyl (C=O) groups is 1. The van der Waals surface area contributed by atoms with E-state index >= 15 is 0 Å². The zero-order valence-electron chi connectivity index (χ0n) is 14.3. The van der Waals surface area contributed by atoms with Gasteiger partial charge in [-0.15, -0.1) is 0 Å². The Balaban J connectivity index is 1.67. The summed E-state index contributed by atoms with van der Waals surface area (Å²) < 4.78 is 12.0. The average molecular weight is 456 g/mol. The van der Waals surface area contributed by atoms with E-state index in [0.717, 1.165) is 10.0 Å². The summed E-state index contributed by atoms with van der Waals surface area (Å²) in [7, 11) is 0. The molecule has 1 heterocycles. The van der Waals surface area contributed by atoms with Gasteiger partial charge in [0.15, 0.2) is 5.43 Å². The lowest BCUT2D eigenvalue weighted by atomic mass is 10.1. The Morgan fingerprint density at radius 2 is 1.75 bits per heavy atom. The summed E-state index contributed by atoms with van der Waals surface area (Å²) in [5.41, 5.74) is 1.32. The van der Waals surface area contributed by atoms with Crippen LogP contribution in [0.2, 0.25) is 5.02 Å². The molecule has 0 aliphatic rings. The maximum Gasteiger partial charge on any atom is 0.343 e. The van der Waals surface area contributed by atoms with Gasteiger partial charge in [0, 0.05) is 21.1 Å². The van der Waals surface area contributed by atoms with Crippen LogP contribution in [0.25, 0.3) is 22.3 Å². The summed E-state index contributed by atoms with van der Waals surface area (Å²) in [5, 5.41) is 0.932. The molecule has 0 bridgehead atoms. The number of fused-ring (bicyclic) bond motifs is 1. The van der Waals surface area contributed by atoms with Crippen LogP contribution in [-0.2, 0) is 0 Å². The van der Waals surface area contributed by atoms with Crippen molar-refractivity contribution in [1.82, 2.24) is 0 Å². The molecule has 138 valence electrons. The third kappa shape index (κ3) is 3.86. The van der Waals surface area contributed by atoms with E-state index in [0.29, 0.717) is 27.3 Å². The minimum Gasteiger partial charge on any atom is -0.456 e. The fraction of sp³-hybridized carbons (Fsp3) is 0. The number of carbonyl (C=O) groups excluding carboxylic acids is 1. The molecular weight excluding hydrogens is 444 g/mol. The largest absolute Gasteiger partial charge is 0.456 e. The number of hydrogen-bond acceptors (Lipinski definition) is 4. The Morgan fingerprint density at radius 1 is 0.964 bits per heavy atom. The molecule has 0 aliphatic heterocycles. The van der Waals surface area contributed by atoms with Gasteiger partial charge in [0.2, 0.25) is 0 Å². The van der Waals surface area contributed by atoms with E-state index in [1.165, 1.54) is 12.1 Å². The quantitative estimate of drug-likeness (QED) is 0.277. The second-order valence-electron chi connectivity index (χ2n) is 6.04. The van der Waals surface area contributed by atoms with Crippen LogP contribution in [0.15, 0.2) is 86.5 Å². The van der Waals surface area contributed by atoms with E-state index in [-0.39, 0.29) is 11.2 Å². The highest BCUT2D eigenvalue weighted by Crippen LogP contribution is 2.26. The van der Waals surface area contributed by atoms with Gasteiger partial charge in [-0.1, -0.05) is 33.6 Å². The Labute approximate surface area is 173 Å². The van der Waals surface area contributed by atoms with Crippen molar-refractivity contribution in [1.29, 1.82) is 0 Å². The lowest BCUT2D eigenvalue weighted by Crippen LogP contribution is -2.09. The first kappa shape index (κ1) is 18.5. The molecule has 0 saturated heterocycles. The lowest BCUT2D eigenvalue weighted by Gasteiger charge is -2.07. The van der Waals surface area contributed by atoms with Crippen molar-refractivity contribution in [2.24, 2.45) is 0 Å². The fourth-order valence-corrected chi connectivity index (χ4v) is 3.26. The SMILES string of the molecule is O=C(Oc1ccc2oc(-c3ccc(Cl)cc3)cc(=O)c2c1)c1cccc(Br)c1. The topological polar surface area (TPSA) is 56.5 Å². The molecule has 0 spiro atoms. The summed E-state index contributed by atoms with van der Waals surface area (Å²) in [6, 6.07) is 20.0. The molecule has 0 unspecified atom stereocenters. The van der Waals surface area contributed by atoms with Gasteiger partial charge in [-0.25, -0.2) is 4.79 Å². The number of hydrogen-bond donors (Lipinski definition) is 0. The molecule has 4 aromatic rings. The first-order valence-electron chi connectivity index (χ1n) is 8.31. The number of rotatable bonds is 3. The molecule has 0 amide bonds. The third-order valence-corrected chi connectivity index (χ3v) is 4.84. The van der Waals surface area contributed by atoms with Gasteiger partial charge in [-0.3, -0.25) is 4.79 Å². The summed E-state index contributed by atoms with van der Waals surface area (Å²) in [6.07, 6.45) is 0. The van der Waals surface area contributed by atoms with E-state index in [1.54, 1.807) is 54.6 Å². The van der Waals surface area contributed by atoms with Crippen molar-refractivity contribution in [3.8, 4) is 17.1 Å². The highest BCUT2D eigenvalue weighted by Gasteiger charge is 2.12. The highest BCUT2D eigenvalue weighted by atomic mass is 79.9. The Bertz CT molecular complexity index is 1250. The molecule has 0 radical (unpaired) electrons. The van der Waals surface area contributed by atoms with Gasteiger partial charge in [-0.05, 0) is 60.7 Å². The Morgan fingerprint density at radius 3 is 2.50 bits per heavy atom. The molecule has 28 heavy (non-hydrogen) atoms. The molecule has 3 aromatic carbocycles. The molecule has 0 saturated carbocycles. The lowest BCUT2D eigenvalue weighted by molar-refractivity contribution is 0.0735. The van der Waals surface area contributed by atoms with Gasteiger partial charge < -0.3 is 9.15 Å². The number of halogens is 2. The Kier molecular flexibility index (Phi) is 5.03. The monoisotopic (exact) mass is 454 g/mol. The van der Waals surface area contributed by atoms with E-state index in [4.69, 9.17) is 20.8 Å². The normalized spacial score (nSPS) is 10.8. The standard InChI is InChI=1S/C22H12BrClO4/c23-15-3-1-2-14(10-15)22(26)27-17-8-9-20-18(11-17)19(25)12-21(28-20)13-4-6-16(24)7-5-13/h1-12H. The van der Waals surface area contributed by atoms with Crippen LogP contribution in [0.3, 0.4) is 0 Å².